The second kappa shape index (κ2) is 7.79. The number of hydrogen-bond donors (Lipinski definition) is 2. The molecule has 0 saturated heterocycles. The molecule has 0 spiro atoms. The highest BCUT2D eigenvalue weighted by atomic mass is 19.1. The fraction of sp³-hybridized carbons (Fsp3) is 0.438. The number of fused-ring (bicyclic) bond motifs is 1. The number of furan rings is 1. The van der Waals surface area contributed by atoms with Gasteiger partial charge in [0.15, 0.2) is 5.96 Å². The number of nitrogens with one attached hydrogen (secondary N) is 1. The average molecular weight is 307 g/mol. The van der Waals surface area contributed by atoms with E-state index in [4.69, 9.17) is 14.9 Å². The molecule has 5 nitrogen and oxygen atoms in total. The lowest BCUT2D eigenvalue weighted by molar-refractivity contribution is 0.145. The molecule has 0 fully saturated rings. The van der Waals surface area contributed by atoms with Gasteiger partial charge in [0.1, 0.15) is 23.7 Å². The topological polar surface area (TPSA) is 72.8 Å². The first kappa shape index (κ1) is 16.3. The summed E-state index contributed by atoms with van der Waals surface area (Å²) < 4.78 is 24.2. The molecular weight excluding hydrogens is 285 g/mol. The van der Waals surface area contributed by atoms with Crippen molar-refractivity contribution in [3.05, 3.63) is 35.3 Å². The van der Waals surface area contributed by atoms with Gasteiger partial charge in [0.25, 0.3) is 0 Å². The molecule has 0 bridgehead atoms. The van der Waals surface area contributed by atoms with E-state index in [9.17, 15) is 4.39 Å². The predicted octanol–water partition coefficient (Wildman–Crippen LogP) is 2.71. The summed E-state index contributed by atoms with van der Waals surface area (Å²) in [4.78, 5) is 4.25. The van der Waals surface area contributed by atoms with Crippen LogP contribution >= 0.6 is 0 Å². The first-order valence-electron chi connectivity index (χ1n) is 7.41. The minimum absolute atomic E-state index is 0.276. The Morgan fingerprint density at radius 2 is 2.27 bits per heavy atom. The van der Waals surface area contributed by atoms with Crippen LogP contribution in [-0.2, 0) is 11.3 Å². The first-order chi connectivity index (χ1) is 10.6. The van der Waals surface area contributed by atoms with E-state index in [0.717, 1.165) is 24.0 Å². The lowest BCUT2D eigenvalue weighted by Crippen LogP contribution is -2.32. The number of benzene rings is 1. The van der Waals surface area contributed by atoms with Crippen LogP contribution in [0.3, 0.4) is 0 Å². The van der Waals surface area contributed by atoms with E-state index in [1.165, 1.54) is 12.1 Å². The number of hydrogen-bond acceptors (Lipinski definition) is 3. The Kier molecular flexibility index (Phi) is 5.77. The molecule has 0 unspecified atom stereocenters. The molecule has 3 N–H and O–H groups in total. The molecule has 22 heavy (non-hydrogen) atoms. The number of halogens is 1. The predicted molar refractivity (Wildman–Crippen MR) is 85.3 cm³/mol. The van der Waals surface area contributed by atoms with Crippen molar-refractivity contribution in [2.75, 3.05) is 19.8 Å². The van der Waals surface area contributed by atoms with Gasteiger partial charge in [-0.1, -0.05) is 0 Å². The number of nitrogens with two attached hydrogens (primary N) is 1. The third-order valence-electron chi connectivity index (χ3n) is 3.37. The van der Waals surface area contributed by atoms with Gasteiger partial charge in [-0.25, -0.2) is 9.38 Å². The summed E-state index contributed by atoms with van der Waals surface area (Å²) in [6, 6.07) is 4.48. The van der Waals surface area contributed by atoms with Crippen molar-refractivity contribution in [2.45, 2.75) is 26.8 Å². The zero-order chi connectivity index (χ0) is 15.9. The largest absolute Gasteiger partial charge is 0.459 e. The van der Waals surface area contributed by atoms with Crippen LogP contribution in [0.5, 0.6) is 0 Å². The fourth-order valence-corrected chi connectivity index (χ4v) is 2.14. The second-order valence-corrected chi connectivity index (χ2v) is 4.97. The summed E-state index contributed by atoms with van der Waals surface area (Å²) in [6.07, 6.45) is 0.868. The molecule has 1 aromatic heterocycles. The van der Waals surface area contributed by atoms with Crippen LogP contribution in [0.25, 0.3) is 11.0 Å². The molecule has 0 aliphatic heterocycles. The summed E-state index contributed by atoms with van der Waals surface area (Å²) in [5.74, 6) is 0.782. The van der Waals surface area contributed by atoms with Crippen LogP contribution in [0.15, 0.2) is 27.6 Å². The highest BCUT2D eigenvalue weighted by Gasteiger charge is 2.10. The van der Waals surface area contributed by atoms with Crippen molar-refractivity contribution in [1.82, 2.24) is 5.32 Å². The van der Waals surface area contributed by atoms with Crippen molar-refractivity contribution in [3.63, 3.8) is 0 Å². The molecule has 0 radical (unpaired) electrons. The van der Waals surface area contributed by atoms with Gasteiger partial charge in [-0.2, -0.15) is 0 Å². The maximum Gasteiger partial charge on any atom is 0.189 e. The van der Waals surface area contributed by atoms with Crippen LogP contribution in [0.1, 0.15) is 24.7 Å². The van der Waals surface area contributed by atoms with E-state index in [2.05, 4.69) is 10.3 Å². The lowest BCUT2D eigenvalue weighted by atomic mass is 10.1. The normalized spacial score (nSPS) is 12.0. The summed E-state index contributed by atoms with van der Waals surface area (Å²) >= 11 is 0. The van der Waals surface area contributed by atoms with E-state index in [-0.39, 0.29) is 5.82 Å². The first-order valence-corrected chi connectivity index (χ1v) is 7.41. The van der Waals surface area contributed by atoms with Gasteiger partial charge in [-0.05, 0) is 38.5 Å². The molecule has 0 amide bonds. The number of aryl methyl sites for hydroxylation is 1. The average Bonchev–Trinajstić information content (AvgIpc) is 2.81. The Morgan fingerprint density at radius 1 is 1.45 bits per heavy atom. The fourth-order valence-electron chi connectivity index (χ4n) is 2.14. The van der Waals surface area contributed by atoms with E-state index >= 15 is 0 Å². The monoisotopic (exact) mass is 307 g/mol. The van der Waals surface area contributed by atoms with Crippen LogP contribution in [0.4, 0.5) is 4.39 Å². The zero-order valence-corrected chi connectivity index (χ0v) is 13.0. The molecule has 0 aliphatic rings. The van der Waals surface area contributed by atoms with Crippen molar-refractivity contribution >= 4 is 16.9 Å². The maximum atomic E-state index is 13.3. The second-order valence-electron chi connectivity index (χ2n) is 4.97. The molecule has 0 saturated carbocycles. The number of rotatable bonds is 7. The standard InChI is InChI=1S/C16H22FN3O2/c1-3-21-8-4-7-19-16(18)20-10-15-11(2)13-9-12(17)5-6-14(13)22-15/h5-6,9H,3-4,7-8,10H2,1-2H3,(H3,18,19,20). The Labute approximate surface area is 129 Å². The summed E-state index contributed by atoms with van der Waals surface area (Å²) in [6.45, 7) is 6.30. The van der Waals surface area contributed by atoms with Crippen molar-refractivity contribution in [1.29, 1.82) is 0 Å². The summed E-state index contributed by atoms with van der Waals surface area (Å²) in [7, 11) is 0. The van der Waals surface area contributed by atoms with E-state index in [1.54, 1.807) is 6.07 Å². The summed E-state index contributed by atoms with van der Waals surface area (Å²) in [5.41, 5.74) is 7.35. The van der Waals surface area contributed by atoms with Gasteiger partial charge in [0, 0.05) is 30.7 Å². The van der Waals surface area contributed by atoms with Gasteiger partial charge in [-0.3, -0.25) is 0 Å². The Hall–Kier alpha value is -2.08. The minimum Gasteiger partial charge on any atom is -0.459 e. The van der Waals surface area contributed by atoms with Crippen molar-refractivity contribution in [2.24, 2.45) is 10.7 Å². The molecule has 2 aromatic rings. The van der Waals surface area contributed by atoms with Crippen LogP contribution in [0, 0.1) is 12.7 Å². The summed E-state index contributed by atoms with van der Waals surface area (Å²) in [5, 5.41) is 3.79. The third kappa shape index (κ3) is 4.21. The molecular formula is C16H22FN3O2. The SMILES string of the molecule is CCOCCCNC(N)=NCc1oc2ccc(F)cc2c1C. The third-order valence-corrected chi connectivity index (χ3v) is 3.37. The highest BCUT2D eigenvalue weighted by molar-refractivity contribution is 5.82. The highest BCUT2D eigenvalue weighted by Crippen LogP contribution is 2.26. The lowest BCUT2D eigenvalue weighted by Gasteiger charge is -2.05. The molecule has 6 heteroatoms. The van der Waals surface area contributed by atoms with Crippen LogP contribution in [0.2, 0.25) is 0 Å². The van der Waals surface area contributed by atoms with E-state index in [0.29, 0.717) is 37.0 Å². The Morgan fingerprint density at radius 3 is 3.05 bits per heavy atom. The number of ether oxygens (including phenoxy) is 1. The van der Waals surface area contributed by atoms with Gasteiger partial charge >= 0.3 is 0 Å². The number of guanidine groups is 1. The van der Waals surface area contributed by atoms with Gasteiger partial charge in [0.05, 0.1) is 0 Å². The van der Waals surface area contributed by atoms with Crippen LogP contribution in [-0.4, -0.2) is 25.7 Å². The smallest absolute Gasteiger partial charge is 0.189 e. The molecule has 1 aromatic carbocycles. The molecule has 1 heterocycles. The number of nitrogens with zero attached hydrogens (tertiary/aromatic N) is 1. The Balaban J connectivity index is 1.93. The van der Waals surface area contributed by atoms with Crippen LogP contribution < -0.4 is 11.1 Å². The molecule has 0 atom stereocenters. The van der Waals surface area contributed by atoms with Crippen molar-refractivity contribution < 1.29 is 13.5 Å². The van der Waals surface area contributed by atoms with Gasteiger partial charge < -0.3 is 20.2 Å². The molecule has 2 rings (SSSR count). The molecule has 120 valence electrons. The number of aliphatic imine (C=N–C) groups is 1. The van der Waals surface area contributed by atoms with Gasteiger partial charge in [0.2, 0.25) is 0 Å². The maximum absolute atomic E-state index is 13.3. The minimum atomic E-state index is -0.276. The van der Waals surface area contributed by atoms with E-state index < -0.39 is 0 Å². The quantitative estimate of drug-likeness (QED) is 0.468. The zero-order valence-electron chi connectivity index (χ0n) is 13.0. The van der Waals surface area contributed by atoms with Crippen molar-refractivity contribution in [3.8, 4) is 0 Å². The Bertz CT molecular complexity index is 652. The molecule has 0 aliphatic carbocycles. The van der Waals surface area contributed by atoms with Gasteiger partial charge in [-0.15, -0.1) is 0 Å². The van der Waals surface area contributed by atoms with E-state index in [1.807, 2.05) is 13.8 Å².